The lowest BCUT2D eigenvalue weighted by atomic mass is 9.97. The molecule has 6 nitrogen and oxygen atoms in total. The van der Waals surface area contributed by atoms with Crippen LogP contribution in [0.25, 0.3) is 0 Å². The maximum atomic E-state index is 14.5. The summed E-state index contributed by atoms with van der Waals surface area (Å²) in [4.78, 5) is 44.4. The SMILES string of the molecule is O=C(O)C(c1ccccc1)N1C(=O)c2cc(I)ccc2N(Cc2ccccc2)C(=O)C1c1ccc(Cl)cc1. The Morgan fingerprint density at radius 3 is 2.16 bits per heavy atom. The van der Waals surface area contributed by atoms with E-state index < -0.39 is 29.9 Å². The first-order valence-corrected chi connectivity index (χ1v) is 13.3. The van der Waals surface area contributed by atoms with Gasteiger partial charge >= 0.3 is 5.97 Å². The molecule has 0 fully saturated rings. The van der Waals surface area contributed by atoms with Gasteiger partial charge in [-0.2, -0.15) is 0 Å². The van der Waals surface area contributed by atoms with Crippen molar-refractivity contribution in [3.8, 4) is 0 Å². The molecule has 8 heteroatoms. The number of aliphatic carboxylic acids is 1. The van der Waals surface area contributed by atoms with Crippen LogP contribution in [0.1, 0.15) is 39.1 Å². The molecular weight excluding hydrogens is 615 g/mol. The van der Waals surface area contributed by atoms with E-state index in [1.54, 1.807) is 71.6 Å². The van der Waals surface area contributed by atoms with Gasteiger partial charge in [-0.3, -0.25) is 9.59 Å². The molecule has 1 heterocycles. The highest BCUT2D eigenvalue weighted by Crippen LogP contribution is 2.41. The third-order valence-electron chi connectivity index (χ3n) is 6.49. The summed E-state index contributed by atoms with van der Waals surface area (Å²) in [7, 11) is 0. The van der Waals surface area contributed by atoms with Crippen molar-refractivity contribution < 1.29 is 19.5 Å². The summed E-state index contributed by atoms with van der Waals surface area (Å²) in [5.74, 6) is -2.19. The number of rotatable bonds is 6. The molecule has 0 aliphatic carbocycles. The van der Waals surface area contributed by atoms with Crippen LogP contribution in [0.5, 0.6) is 0 Å². The van der Waals surface area contributed by atoms with Crippen LogP contribution >= 0.6 is 34.2 Å². The Bertz CT molecular complexity index is 1500. The maximum Gasteiger partial charge on any atom is 0.331 e. The topological polar surface area (TPSA) is 77.9 Å². The number of hydrogen-bond donors (Lipinski definition) is 1. The fraction of sp³-hybridized carbons (Fsp3) is 0.100. The Balaban J connectivity index is 1.77. The van der Waals surface area contributed by atoms with Gasteiger partial charge in [0.15, 0.2) is 6.04 Å². The van der Waals surface area contributed by atoms with E-state index in [1.165, 1.54) is 4.90 Å². The molecule has 0 aromatic heterocycles. The van der Waals surface area contributed by atoms with Crippen LogP contribution in [0.15, 0.2) is 103 Å². The van der Waals surface area contributed by atoms with Crippen molar-refractivity contribution >= 4 is 57.7 Å². The van der Waals surface area contributed by atoms with Crippen molar-refractivity contribution in [1.29, 1.82) is 0 Å². The third-order valence-corrected chi connectivity index (χ3v) is 7.41. The van der Waals surface area contributed by atoms with Gasteiger partial charge in [-0.25, -0.2) is 4.79 Å². The van der Waals surface area contributed by atoms with Crippen molar-refractivity contribution in [3.05, 3.63) is 134 Å². The summed E-state index contributed by atoms with van der Waals surface area (Å²) in [5, 5.41) is 10.9. The van der Waals surface area contributed by atoms with Crippen molar-refractivity contribution in [2.75, 3.05) is 4.90 Å². The number of halogens is 2. The number of carboxylic acids is 1. The molecule has 2 atom stereocenters. The number of carbonyl (C=O) groups is 3. The summed E-state index contributed by atoms with van der Waals surface area (Å²) in [6, 6.07) is 27.2. The summed E-state index contributed by atoms with van der Waals surface area (Å²) in [5.41, 5.74) is 2.43. The van der Waals surface area contributed by atoms with Gasteiger partial charge in [-0.15, -0.1) is 0 Å². The van der Waals surface area contributed by atoms with Crippen LogP contribution in [0.4, 0.5) is 5.69 Å². The molecule has 1 aliphatic rings. The van der Waals surface area contributed by atoms with Crippen LogP contribution < -0.4 is 4.90 Å². The predicted octanol–water partition coefficient (Wildman–Crippen LogP) is 6.50. The number of carbonyl (C=O) groups excluding carboxylic acids is 2. The van der Waals surface area contributed by atoms with Gasteiger partial charge in [0.1, 0.15) is 6.04 Å². The largest absolute Gasteiger partial charge is 0.479 e. The monoisotopic (exact) mass is 636 g/mol. The molecule has 190 valence electrons. The lowest BCUT2D eigenvalue weighted by Gasteiger charge is -2.35. The number of benzene rings is 4. The van der Waals surface area contributed by atoms with Gasteiger partial charge in [0.2, 0.25) is 0 Å². The minimum atomic E-state index is -1.41. The minimum absolute atomic E-state index is 0.210. The molecule has 2 amide bonds. The fourth-order valence-electron chi connectivity index (χ4n) is 4.76. The van der Waals surface area contributed by atoms with Gasteiger partial charge in [0.25, 0.3) is 11.8 Å². The summed E-state index contributed by atoms with van der Waals surface area (Å²) < 4.78 is 0.790. The highest BCUT2D eigenvalue weighted by molar-refractivity contribution is 14.1. The highest BCUT2D eigenvalue weighted by atomic mass is 127. The Labute approximate surface area is 238 Å². The van der Waals surface area contributed by atoms with Crippen LogP contribution in [-0.4, -0.2) is 27.8 Å². The Hall–Kier alpha value is -3.69. The standard InChI is InChI=1S/C30H22ClIN2O4/c31-22-13-11-21(12-14-22)26-29(36)33(18-19-7-3-1-4-8-19)25-16-15-23(32)17-24(25)28(35)34(26)27(30(37)38)20-9-5-2-6-10-20/h1-17,26-27H,18H2,(H,37,38). The van der Waals surface area contributed by atoms with Crippen LogP contribution in [0.2, 0.25) is 5.02 Å². The van der Waals surface area contributed by atoms with Crippen molar-refractivity contribution in [2.24, 2.45) is 0 Å². The van der Waals surface area contributed by atoms with Gasteiger partial charge in [0, 0.05) is 8.59 Å². The smallest absolute Gasteiger partial charge is 0.331 e. The summed E-state index contributed by atoms with van der Waals surface area (Å²) in [6.07, 6.45) is 0. The van der Waals surface area contributed by atoms with E-state index in [0.717, 1.165) is 9.13 Å². The molecule has 0 spiro atoms. The number of nitrogens with zero attached hydrogens (tertiary/aromatic N) is 2. The zero-order chi connectivity index (χ0) is 26.8. The molecule has 2 unspecified atom stereocenters. The zero-order valence-electron chi connectivity index (χ0n) is 20.0. The summed E-state index contributed by atoms with van der Waals surface area (Å²) in [6.45, 7) is 0.210. The number of carboxylic acid groups (broad SMARTS) is 1. The number of anilines is 1. The predicted molar refractivity (Wildman–Crippen MR) is 154 cm³/mol. The average Bonchev–Trinajstić information content (AvgIpc) is 3.00. The van der Waals surface area contributed by atoms with Gasteiger partial charge in [-0.1, -0.05) is 84.4 Å². The molecule has 0 saturated heterocycles. The first-order valence-electron chi connectivity index (χ1n) is 11.9. The molecular formula is C30H22ClIN2O4. The normalized spacial score (nSPS) is 16.1. The molecule has 0 radical (unpaired) electrons. The van der Waals surface area contributed by atoms with Gasteiger partial charge in [0.05, 0.1) is 17.8 Å². The number of hydrogen-bond acceptors (Lipinski definition) is 3. The van der Waals surface area contributed by atoms with Crippen LogP contribution in [-0.2, 0) is 16.1 Å². The third kappa shape index (κ3) is 5.04. The van der Waals surface area contributed by atoms with E-state index in [4.69, 9.17) is 11.6 Å². The summed E-state index contributed by atoms with van der Waals surface area (Å²) >= 11 is 8.26. The lowest BCUT2D eigenvalue weighted by Crippen LogP contribution is -2.46. The first-order chi connectivity index (χ1) is 18.3. The Kier molecular flexibility index (Phi) is 7.49. The van der Waals surface area contributed by atoms with Crippen LogP contribution in [0, 0.1) is 3.57 Å². The second kappa shape index (κ2) is 11.0. The van der Waals surface area contributed by atoms with Crippen LogP contribution in [0.3, 0.4) is 0 Å². The second-order valence-corrected chi connectivity index (χ2v) is 10.6. The molecule has 4 aromatic carbocycles. The Morgan fingerprint density at radius 2 is 1.53 bits per heavy atom. The Morgan fingerprint density at radius 1 is 0.895 bits per heavy atom. The van der Waals surface area contributed by atoms with E-state index in [9.17, 15) is 19.5 Å². The molecule has 5 rings (SSSR count). The fourth-order valence-corrected chi connectivity index (χ4v) is 5.37. The first kappa shape index (κ1) is 25.9. The second-order valence-electron chi connectivity index (χ2n) is 8.89. The van der Waals surface area contributed by atoms with Crippen molar-refractivity contribution in [2.45, 2.75) is 18.6 Å². The van der Waals surface area contributed by atoms with Gasteiger partial charge in [-0.05, 0) is 69.6 Å². The maximum absolute atomic E-state index is 14.5. The van der Waals surface area contributed by atoms with Crippen molar-refractivity contribution in [1.82, 2.24) is 4.90 Å². The minimum Gasteiger partial charge on any atom is -0.479 e. The van der Waals surface area contributed by atoms with Crippen molar-refractivity contribution in [3.63, 3.8) is 0 Å². The molecule has 4 aromatic rings. The average molecular weight is 637 g/mol. The van der Waals surface area contributed by atoms with E-state index in [2.05, 4.69) is 22.6 Å². The highest BCUT2D eigenvalue weighted by Gasteiger charge is 2.46. The molecule has 0 saturated carbocycles. The van der Waals surface area contributed by atoms with E-state index in [-0.39, 0.29) is 12.1 Å². The molecule has 38 heavy (non-hydrogen) atoms. The van der Waals surface area contributed by atoms with E-state index in [0.29, 0.717) is 21.8 Å². The lowest BCUT2D eigenvalue weighted by molar-refractivity contribution is -0.144. The van der Waals surface area contributed by atoms with Gasteiger partial charge < -0.3 is 14.9 Å². The number of fused-ring (bicyclic) bond motifs is 1. The van der Waals surface area contributed by atoms with E-state index >= 15 is 0 Å². The molecule has 1 aliphatic heterocycles. The zero-order valence-corrected chi connectivity index (χ0v) is 22.9. The molecule has 1 N–H and O–H groups in total. The van der Waals surface area contributed by atoms with E-state index in [1.807, 2.05) is 36.4 Å². The number of amides is 2. The quantitative estimate of drug-likeness (QED) is 0.245. The molecule has 0 bridgehead atoms.